The van der Waals surface area contributed by atoms with Gasteiger partial charge in [-0.05, 0) is 58.4 Å². The number of thiophene rings is 1. The van der Waals surface area contributed by atoms with Crippen LogP contribution in [0, 0.1) is 13.8 Å². The predicted octanol–water partition coefficient (Wildman–Crippen LogP) is 6.20. The van der Waals surface area contributed by atoms with E-state index in [0.717, 1.165) is 26.9 Å². The number of benzene rings is 2. The molecule has 0 radical (unpaired) electrons. The van der Waals surface area contributed by atoms with Gasteiger partial charge in [0.25, 0.3) is 5.91 Å². The molecule has 5 nitrogen and oxygen atoms in total. The first-order valence-corrected chi connectivity index (χ1v) is 11.5. The minimum Gasteiger partial charge on any atom is -0.489 e. The molecule has 4 rings (SSSR count). The molecule has 1 N–H and O–H groups in total. The van der Waals surface area contributed by atoms with Gasteiger partial charge in [0, 0.05) is 11.8 Å². The van der Waals surface area contributed by atoms with Gasteiger partial charge in [-0.15, -0.1) is 11.3 Å². The number of halogens is 1. The second-order valence-electron chi connectivity index (χ2n) is 7.34. The van der Waals surface area contributed by atoms with Crippen molar-refractivity contribution in [3.05, 3.63) is 97.8 Å². The van der Waals surface area contributed by atoms with Gasteiger partial charge < -0.3 is 10.1 Å². The summed E-state index contributed by atoms with van der Waals surface area (Å²) in [4.78, 5) is 13.3. The lowest BCUT2D eigenvalue weighted by molar-refractivity contribution is 0.103. The number of para-hydroxylation sites is 1. The second-order valence-corrected chi connectivity index (χ2v) is 9.10. The predicted molar refractivity (Wildman–Crippen MR) is 128 cm³/mol. The van der Waals surface area contributed by atoms with Crippen molar-refractivity contribution in [2.75, 3.05) is 5.32 Å². The fraction of sp³-hybridized carbons (Fsp3) is 0.167. The molecule has 0 aliphatic carbocycles. The molecule has 4 aromatic rings. The zero-order chi connectivity index (χ0) is 21.8. The minimum atomic E-state index is -0.187. The molecule has 0 atom stereocenters. The first-order chi connectivity index (χ1) is 15.0. The van der Waals surface area contributed by atoms with Crippen LogP contribution in [-0.2, 0) is 13.2 Å². The highest BCUT2D eigenvalue weighted by molar-refractivity contribution is 9.10. The van der Waals surface area contributed by atoms with Gasteiger partial charge in [-0.3, -0.25) is 9.48 Å². The Labute approximate surface area is 193 Å². The molecule has 0 bridgehead atoms. The summed E-state index contributed by atoms with van der Waals surface area (Å²) in [5, 5.41) is 9.34. The molecule has 0 saturated heterocycles. The maximum Gasteiger partial charge on any atom is 0.266 e. The van der Waals surface area contributed by atoms with E-state index in [1.165, 1.54) is 16.9 Å². The van der Waals surface area contributed by atoms with Crippen molar-refractivity contribution in [2.24, 2.45) is 0 Å². The molecular weight excluding hydrogens is 474 g/mol. The third kappa shape index (κ3) is 5.42. The number of hydrogen-bond acceptors (Lipinski definition) is 4. The van der Waals surface area contributed by atoms with Gasteiger partial charge in [0.05, 0.1) is 15.9 Å². The van der Waals surface area contributed by atoms with Crippen LogP contribution < -0.4 is 10.1 Å². The number of hydrogen-bond donors (Lipinski definition) is 1. The normalized spacial score (nSPS) is 10.8. The van der Waals surface area contributed by atoms with Gasteiger partial charge in [-0.2, -0.15) is 5.10 Å². The number of carbonyl (C=O) groups is 1. The number of nitrogens with one attached hydrogen (secondary N) is 1. The third-order valence-corrected chi connectivity index (χ3v) is 6.34. The summed E-state index contributed by atoms with van der Waals surface area (Å²) < 4.78 is 8.42. The second kappa shape index (κ2) is 9.49. The van der Waals surface area contributed by atoms with Crippen LogP contribution in [0.5, 0.6) is 5.75 Å². The molecule has 0 spiro atoms. The summed E-state index contributed by atoms with van der Waals surface area (Å²) in [5.74, 6) is 1.17. The average Bonchev–Trinajstić information content (AvgIpc) is 3.36. The van der Waals surface area contributed by atoms with E-state index in [9.17, 15) is 4.79 Å². The van der Waals surface area contributed by atoms with E-state index < -0.39 is 0 Å². The van der Waals surface area contributed by atoms with Crippen LogP contribution in [0.25, 0.3) is 0 Å². The number of ether oxygens (including phenoxy) is 1. The summed E-state index contributed by atoms with van der Waals surface area (Å²) in [5.41, 5.74) is 4.41. The Morgan fingerprint density at radius 1 is 1.13 bits per heavy atom. The van der Waals surface area contributed by atoms with E-state index in [2.05, 4.69) is 57.5 Å². The van der Waals surface area contributed by atoms with Gasteiger partial charge >= 0.3 is 0 Å². The van der Waals surface area contributed by atoms with E-state index in [4.69, 9.17) is 4.74 Å². The quantitative estimate of drug-likeness (QED) is 0.331. The molecule has 7 heteroatoms. The summed E-state index contributed by atoms with van der Waals surface area (Å²) in [6.45, 7) is 5.13. The first kappa shape index (κ1) is 21.3. The first-order valence-electron chi connectivity index (χ1n) is 9.83. The summed E-state index contributed by atoms with van der Waals surface area (Å²) in [6, 6.07) is 18.1. The Bertz CT molecular complexity index is 1200. The van der Waals surface area contributed by atoms with Crippen molar-refractivity contribution in [3.8, 4) is 5.75 Å². The molecule has 0 saturated carbocycles. The fourth-order valence-corrected chi connectivity index (χ4v) is 4.27. The van der Waals surface area contributed by atoms with Crippen molar-refractivity contribution in [1.82, 2.24) is 9.78 Å². The SMILES string of the molecule is Cc1ccc(Cn2cc(Br)c(NC(=O)c3cc(COc4ccccc4C)cs3)n2)cc1. The Kier molecular flexibility index (Phi) is 6.53. The number of carbonyl (C=O) groups excluding carboxylic acids is 1. The summed E-state index contributed by atoms with van der Waals surface area (Å²) in [7, 11) is 0. The Balaban J connectivity index is 1.38. The highest BCUT2D eigenvalue weighted by atomic mass is 79.9. The molecule has 0 unspecified atom stereocenters. The monoisotopic (exact) mass is 495 g/mol. The minimum absolute atomic E-state index is 0.187. The van der Waals surface area contributed by atoms with Crippen LogP contribution in [0.1, 0.15) is 31.9 Å². The van der Waals surface area contributed by atoms with Crippen molar-refractivity contribution in [3.63, 3.8) is 0 Å². The molecule has 0 aliphatic rings. The van der Waals surface area contributed by atoms with Gasteiger partial charge in [0.15, 0.2) is 5.82 Å². The molecule has 0 aliphatic heterocycles. The van der Waals surface area contributed by atoms with E-state index in [1.54, 1.807) is 4.68 Å². The van der Waals surface area contributed by atoms with Crippen molar-refractivity contribution in [1.29, 1.82) is 0 Å². The maximum atomic E-state index is 12.7. The van der Waals surface area contributed by atoms with Crippen LogP contribution >= 0.6 is 27.3 Å². The molecular formula is C24H22BrN3O2S. The highest BCUT2D eigenvalue weighted by Crippen LogP contribution is 2.24. The standard InChI is InChI=1S/C24H22BrN3O2S/c1-16-7-9-18(10-8-16)12-28-13-20(25)23(27-28)26-24(29)22-11-19(15-31-22)14-30-21-6-4-3-5-17(21)2/h3-11,13,15H,12,14H2,1-2H3,(H,26,27,29). The van der Waals surface area contributed by atoms with Crippen LogP contribution in [0.4, 0.5) is 5.82 Å². The maximum absolute atomic E-state index is 12.7. The van der Waals surface area contributed by atoms with Crippen LogP contribution in [-0.4, -0.2) is 15.7 Å². The van der Waals surface area contributed by atoms with Crippen molar-refractivity contribution >= 4 is 39.0 Å². The Morgan fingerprint density at radius 2 is 1.90 bits per heavy atom. The lowest BCUT2D eigenvalue weighted by atomic mass is 10.1. The number of nitrogens with zero attached hydrogens (tertiary/aromatic N) is 2. The van der Waals surface area contributed by atoms with Crippen LogP contribution in [0.2, 0.25) is 0 Å². The molecule has 158 valence electrons. The summed E-state index contributed by atoms with van der Waals surface area (Å²) in [6.07, 6.45) is 1.87. The zero-order valence-electron chi connectivity index (χ0n) is 17.3. The molecule has 2 heterocycles. The molecule has 2 aromatic carbocycles. The average molecular weight is 496 g/mol. The topological polar surface area (TPSA) is 56.2 Å². The molecule has 2 aromatic heterocycles. The van der Waals surface area contributed by atoms with Crippen LogP contribution in [0.3, 0.4) is 0 Å². The Hall–Kier alpha value is -2.90. The van der Waals surface area contributed by atoms with E-state index in [-0.39, 0.29) is 5.91 Å². The van der Waals surface area contributed by atoms with Gasteiger partial charge in [0.1, 0.15) is 12.4 Å². The highest BCUT2D eigenvalue weighted by Gasteiger charge is 2.14. The molecule has 31 heavy (non-hydrogen) atoms. The fourth-order valence-electron chi connectivity index (χ4n) is 3.06. The van der Waals surface area contributed by atoms with Gasteiger partial charge in [0.2, 0.25) is 0 Å². The number of amides is 1. The van der Waals surface area contributed by atoms with Gasteiger partial charge in [-0.1, -0.05) is 48.0 Å². The zero-order valence-corrected chi connectivity index (χ0v) is 19.7. The van der Waals surface area contributed by atoms with E-state index in [1.807, 2.05) is 48.8 Å². The van der Waals surface area contributed by atoms with Crippen molar-refractivity contribution in [2.45, 2.75) is 27.0 Å². The van der Waals surface area contributed by atoms with Gasteiger partial charge in [-0.25, -0.2) is 0 Å². The number of aryl methyl sites for hydroxylation is 2. The van der Waals surface area contributed by atoms with Crippen LogP contribution in [0.15, 0.2) is 70.6 Å². The smallest absolute Gasteiger partial charge is 0.266 e. The Morgan fingerprint density at radius 3 is 2.68 bits per heavy atom. The van der Waals surface area contributed by atoms with E-state index in [0.29, 0.717) is 23.8 Å². The largest absolute Gasteiger partial charge is 0.489 e. The number of rotatable bonds is 7. The molecule has 1 amide bonds. The van der Waals surface area contributed by atoms with E-state index >= 15 is 0 Å². The third-order valence-electron chi connectivity index (χ3n) is 4.78. The molecule has 0 fully saturated rings. The summed E-state index contributed by atoms with van der Waals surface area (Å²) >= 11 is 4.88. The van der Waals surface area contributed by atoms with Crippen molar-refractivity contribution < 1.29 is 9.53 Å². The number of anilines is 1. The lowest BCUT2D eigenvalue weighted by Crippen LogP contribution is -2.11. The number of aromatic nitrogens is 2. The lowest BCUT2D eigenvalue weighted by Gasteiger charge is -2.07.